The first-order valence-corrected chi connectivity index (χ1v) is 31.3. The van der Waals surface area contributed by atoms with Gasteiger partial charge in [-0.2, -0.15) is 0 Å². The summed E-state index contributed by atoms with van der Waals surface area (Å²) in [5, 5.41) is 33.0. The van der Waals surface area contributed by atoms with Gasteiger partial charge in [0.1, 0.15) is 54.1 Å². The summed E-state index contributed by atoms with van der Waals surface area (Å²) in [6, 6.07) is 3.46. The molecule has 3 rings (SSSR count). The van der Waals surface area contributed by atoms with Crippen LogP contribution in [0.1, 0.15) is 109 Å². The second-order valence-corrected chi connectivity index (χ2v) is 23.2. The summed E-state index contributed by atoms with van der Waals surface area (Å²) in [6.07, 6.45) is 2.20. The third-order valence-corrected chi connectivity index (χ3v) is 14.8. The number of aliphatic imine (C=N–C) groups is 3. The average Bonchev–Trinajstić information content (AvgIpc) is 1.63. The van der Waals surface area contributed by atoms with E-state index >= 15 is 0 Å². The number of nitrogens with zero attached hydrogens (tertiary/aromatic N) is 4. The Morgan fingerprint density at radius 3 is 1.55 bits per heavy atom. The lowest BCUT2D eigenvalue weighted by Gasteiger charge is -2.30. The molecule has 9 atom stereocenters. The number of amides is 11. The van der Waals surface area contributed by atoms with E-state index in [1.54, 1.807) is 56.3 Å². The highest BCUT2D eigenvalue weighted by atomic mass is 16.3. The number of guanidine groups is 3. The number of rotatable bonds is 42. The van der Waals surface area contributed by atoms with E-state index in [9.17, 15) is 57.8 Å². The molecule has 2 aromatic carbocycles. The Morgan fingerprint density at radius 1 is 0.521 bits per heavy atom. The van der Waals surface area contributed by atoms with Crippen LogP contribution in [0.15, 0.2) is 69.6 Å². The van der Waals surface area contributed by atoms with Gasteiger partial charge in [-0.05, 0) is 126 Å². The highest BCUT2D eigenvalue weighted by Gasteiger charge is 2.40. The molecule has 0 bridgehead atoms. The molecule has 0 aliphatic carbocycles. The van der Waals surface area contributed by atoms with Gasteiger partial charge in [-0.3, -0.25) is 67.7 Å². The first-order valence-electron chi connectivity index (χ1n) is 31.3. The third kappa shape index (κ3) is 30.1. The molecule has 1 aliphatic heterocycles. The first-order chi connectivity index (χ1) is 44.6. The normalized spacial score (nSPS) is 15.1. The van der Waals surface area contributed by atoms with Gasteiger partial charge in [0.2, 0.25) is 65.0 Å². The maximum Gasteiger partial charge on any atom is 0.245 e. The Kier molecular flexibility index (Phi) is 34.7. The molecule has 34 nitrogen and oxygen atoms in total. The third-order valence-electron chi connectivity index (χ3n) is 14.8. The maximum atomic E-state index is 14.6. The minimum Gasteiger partial charge on any atom is -0.508 e. The Hall–Kier alpha value is -9.86. The molecule has 0 saturated carbocycles. The van der Waals surface area contributed by atoms with Crippen LogP contribution in [0.2, 0.25) is 0 Å². The van der Waals surface area contributed by atoms with Crippen LogP contribution >= 0.6 is 0 Å². The Labute approximate surface area is 546 Å². The van der Waals surface area contributed by atoms with Gasteiger partial charge in [0, 0.05) is 32.6 Å². The van der Waals surface area contributed by atoms with Crippen molar-refractivity contribution in [3.8, 4) is 5.75 Å². The second-order valence-electron chi connectivity index (χ2n) is 23.2. The summed E-state index contributed by atoms with van der Waals surface area (Å²) < 4.78 is 0. The van der Waals surface area contributed by atoms with Crippen LogP contribution < -0.4 is 99.5 Å². The number of benzene rings is 2. The lowest BCUT2D eigenvalue weighted by atomic mass is 10.00. The first kappa shape index (κ1) is 78.4. The summed E-state index contributed by atoms with van der Waals surface area (Å²) in [6.45, 7) is 4.33. The summed E-state index contributed by atoms with van der Waals surface area (Å²) in [5.41, 5.74) is 51.9. The molecule has 1 aliphatic rings. The number of hydrogen-bond donors (Lipinski definition) is 19. The molecule has 1 heterocycles. The van der Waals surface area contributed by atoms with E-state index in [0.29, 0.717) is 36.9 Å². The van der Waals surface area contributed by atoms with E-state index in [4.69, 9.17) is 51.6 Å². The van der Waals surface area contributed by atoms with Crippen molar-refractivity contribution in [3.05, 3.63) is 65.7 Å². The lowest BCUT2D eigenvalue weighted by Crippen LogP contribution is -2.60. The van der Waals surface area contributed by atoms with E-state index in [-0.39, 0.29) is 126 Å². The molecular weight excluding hydrogens is 1220 g/mol. The smallest absolute Gasteiger partial charge is 0.245 e. The average molecular weight is 1320 g/mol. The van der Waals surface area contributed by atoms with Crippen LogP contribution in [0.4, 0.5) is 0 Å². The van der Waals surface area contributed by atoms with Crippen molar-refractivity contribution in [2.75, 3.05) is 45.8 Å². The molecule has 28 N–H and O–H groups in total. The van der Waals surface area contributed by atoms with Crippen LogP contribution in [-0.4, -0.2) is 193 Å². The Bertz CT molecular complexity index is 2920. The molecule has 520 valence electrons. The number of hydrogen-bond acceptors (Lipinski definition) is 17. The topological polar surface area (TPSA) is 591 Å². The van der Waals surface area contributed by atoms with Gasteiger partial charge < -0.3 is 109 Å². The highest BCUT2D eigenvalue weighted by molar-refractivity contribution is 5.98. The SMILES string of the molecule is CC(C)C[C@H](NC(=O)[C@H](Cc1ccccc1)NC(=O)CNC(=O)CNC(=O)[C@@H](N)Cc1ccc(O)cc1)C(=O)N[C@@H](CCCN=C(N)N)C(=O)N[C@@H](CCCN=C(N)N)C(=O)N[C@@H](C)C(=O)N[C@@H](CCCN=C(N)N)C(=O)N1CCC[C@H]1C(=O)N[C@@H](CCCCN)C(N)=O. The summed E-state index contributed by atoms with van der Waals surface area (Å²) in [4.78, 5) is 164. The lowest BCUT2D eigenvalue weighted by molar-refractivity contribution is -0.142. The number of phenols is 1. The summed E-state index contributed by atoms with van der Waals surface area (Å²) in [5.74, 6) is -9.34. The summed E-state index contributed by atoms with van der Waals surface area (Å²) >= 11 is 0. The van der Waals surface area contributed by atoms with Crippen molar-refractivity contribution in [2.45, 2.75) is 165 Å². The zero-order valence-corrected chi connectivity index (χ0v) is 53.7. The van der Waals surface area contributed by atoms with Crippen molar-refractivity contribution in [1.29, 1.82) is 0 Å². The molecule has 0 aromatic heterocycles. The number of nitrogens with two attached hydrogens (primary N) is 9. The zero-order valence-electron chi connectivity index (χ0n) is 53.7. The van der Waals surface area contributed by atoms with E-state index in [1.807, 2.05) is 0 Å². The van der Waals surface area contributed by atoms with E-state index in [0.717, 1.165) is 0 Å². The fourth-order valence-corrected chi connectivity index (χ4v) is 9.87. The predicted molar refractivity (Wildman–Crippen MR) is 351 cm³/mol. The molecule has 94 heavy (non-hydrogen) atoms. The van der Waals surface area contributed by atoms with Crippen molar-refractivity contribution >= 4 is 82.9 Å². The van der Waals surface area contributed by atoms with Crippen LogP contribution in [0.3, 0.4) is 0 Å². The minimum atomic E-state index is -1.43. The van der Waals surface area contributed by atoms with Crippen LogP contribution in [0.25, 0.3) is 0 Å². The maximum absolute atomic E-state index is 14.6. The number of unbranched alkanes of at least 4 members (excludes halogenated alkanes) is 1. The number of phenolic OH excluding ortho intramolecular Hbond substituents is 1. The van der Waals surface area contributed by atoms with Crippen molar-refractivity contribution in [1.82, 2.24) is 52.8 Å². The van der Waals surface area contributed by atoms with Gasteiger partial charge in [0.05, 0.1) is 19.1 Å². The molecule has 1 saturated heterocycles. The van der Waals surface area contributed by atoms with Gasteiger partial charge in [0.15, 0.2) is 17.9 Å². The van der Waals surface area contributed by atoms with Gasteiger partial charge in [-0.1, -0.05) is 56.3 Å². The van der Waals surface area contributed by atoms with Gasteiger partial charge >= 0.3 is 0 Å². The number of likely N-dealkylation sites (tertiary alicyclic amines) is 1. The molecule has 2 aromatic rings. The van der Waals surface area contributed by atoms with E-state index < -0.39 is 132 Å². The number of aromatic hydroxyl groups is 1. The summed E-state index contributed by atoms with van der Waals surface area (Å²) in [7, 11) is 0. The molecule has 0 spiro atoms. The number of carbonyl (C=O) groups is 11. The Morgan fingerprint density at radius 2 is 1.01 bits per heavy atom. The van der Waals surface area contributed by atoms with Gasteiger partial charge in [0.25, 0.3) is 0 Å². The highest BCUT2D eigenvalue weighted by Crippen LogP contribution is 2.21. The second kappa shape index (κ2) is 41.6. The molecular formula is C60H98N22O12. The van der Waals surface area contributed by atoms with Crippen molar-refractivity contribution < 1.29 is 57.8 Å². The number of carbonyl (C=O) groups excluding carboxylic acids is 11. The van der Waals surface area contributed by atoms with Crippen LogP contribution in [-0.2, 0) is 65.6 Å². The van der Waals surface area contributed by atoms with Crippen LogP contribution in [0.5, 0.6) is 5.75 Å². The molecule has 0 radical (unpaired) electrons. The van der Waals surface area contributed by atoms with Crippen molar-refractivity contribution in [3.63, 3.8) is 0 Å². The van der Waals surface area contributed by atoms with Gasteiger partial charge in [-0.15, -0.1) is 0 Å². The minimum absolute atomic E-state index is 0.00406. The fraction of sp³-hybridized carbons (Fsp3) is 0.567. The van der Waals surface area contributed by atoms with Crippen LogP contribution in [0, 0.1) is 5.92 Å². The Balaban J connectivity index is 1.85. The number of nitrogens with one attached hydrogen (secondary N) is 9. The molecule has 11 amide bonds. The largest absolute Gasteiger partial charge is 0.508 e. The molecule has 34 heteroatoms. The van der Waals surface area contributed by atoms with E-state index in [1.165, 1.54) is 24.0 Å². The van der Waals surface area contributed by atoms with Crippen molar-refractivity contribution in [2.24, 2.45) is 72.5 Å². The molecule has 0 unspecified atom stereocenters. The van der Waals surface area contributed by atoms with Gasteiger partial charge in [-0.25, -0.2) is 0 Å². The predicted octanol–water partition coefficient (Wildman–Crippen LogP) is -6.04. The number of primary amides is 1. The standard InChI is InChI=1S/C60H98N22O12/c1-34(2)29-44(81-55(92)45(31-36-13-5-4-6-14-36)76-48(85)33-73-47(84)32-74-51(88)39(62)30-37-20-22-38(83)23-21-37)54(91)79-42(17-10-26-71-59(66)67)53(90)78-41(16-9-25-70-58(64)65)52(89)75-35(3)50(87)80-43(18-11-27-72-60(68)69)57(94)82-28-12-19-46(82)56(93)77-40(49(63)86)15-7-8-24-61/h4-6,13-14,20-23,34-35,39-46,83H,7-12,15-19,24-33,61-62H2,1-3H3,(H2,63,86)(H,73,84)(H,74,88)(H,75,89)(H,76,85)(H,77,93)(H,78,90)(H,79,91)(H,80,87)(H,81,92)(H4,64,65,70)(H4,66,67,71)(H4,68,69,72)/t35-,39-,40-,41-,42-,43-,44-,45-,46-/m0/s1. The van der Waals surface area contributed by atoms with E-state index in [2.05, 4.69) is 62.8 Å². The fourth-order valence-electron chi connectivity index (χ4n) is 9.87. The quantitative estimate of drug-likeness (QED) is 0.0167. The zero-order chi connectivity index (χ0) is 69.9. The monoisotopic (exact) mass is 1320 g/mol. The molecule has 1 fully saturated rings.